The van der Waals surface area contributed by atoms with Crippen LogP contribution in [0.1, 0.15) is 23.3 Å². The minimum Gasteiger partial charge on any atom is -0.512 e. The summed E-state index contributed by atoms with van der Waals surface area (Å²) < 4.78 is 7.14. The lowest BCUT2D eigenvalue weighted by Gasteiger charge is -2.13. The molecule has 0 fully saturated rings. The summed E-state index contributed by atoms with van der Waals surface area (Å²) in [7, 11) is 0. The summed E-state index contributed by atoms with van der Waals surface area (Å²) in [4.78, 5) is 11.6. The van der Waals surface area contributed by atoms with Crippen LogP contribution in [0, 0.1) is 0 Å². The quantitative estimate of drug-likeness (QED) is 0.445. The van der Waals surface area contributed by atoms with Crippen molar-refractivity contribution in [2.24, 2.45) is 0 Å². The van der Waals surface area contributed by atoms with E-state index in [0.29, 0.717) is 30.1 Å². The van der Waals surface area contributed by atoms with Crippen molar-refractivity contribution >= 4 is 39.0 Å². The molecule has 0 bridgehead atoms. The van der Waals surface area contributed by atoms with Crippen LogP contribution < -0.4 is 4.74 Å². The standard InChI is InChI=1S/C23H18O5S/c24-16-6-4-15(5-7-16)23-22(19-11-8-17(25)13-20(19)29-23)28-18-9-1-14(2-10-18)3-12-21(26)27/h1-4,6,8-13,24-25H,5,7H2,(H,26,27)/b12-3+. The van der Waals surface area contributed by atoms with Gasteiger partial charge in [0, 0.05) is 22.6 Å². The molecule has 0 atom stereocenters. The largest absolute Gasteiger partial charge is 0.512 e. The summed E-state index contributed by atoms with van der Waals surface area (Å²) in [6.45, 7) is 0. The molecule has 0 unspecified atom stereocenters. The third-order valence-electron chi connectivity index (χ3n) is 4.57. The topological polar surface area (TPSA) is 87.0 Å². The first kappa shape index (κ1) is 18.8. The molecule has 0 radical (unpaired) electrons. The number of rotatable bonds is 5. The van der Waals surface area contributed by atoms with Gasteiger partial charge in [0.2, 0.25) is 0 Å². The summed E-state index contributed by atoms with van der Waals surface area (Å²) in [6.07, 6.45) is 7.49. The molecule has 1 heterocycles. The van der Waals surface area contributed by atoms with Crippen molar-refractivity contribution in [3.8, 4) is 17.2 Å². The molecule has 3 N–H and O–H groups in total. The number of ether oxygens (including phenoxy) is 1. The van der Waals surface area contributed by atoms with Crippen LogP contribution in [0.25, 0.3) is 21.7 Å². The van der Waals surface area contributed by atoms with Gasteiger partial charge in [0.25, 0.3) is 0 Å². The molecule has 3 aromatic rings. The Morgan fingerprint density at radius 3 is 2.52 bits per heavy atom. The summed E-state index contributed by atoms with van der Waals surface area (Å²) >= 11 is 1.54. The van der Waals surface area contributed by atoms with Crippen LogP contribution in [-0.2, 0) is 4.79 Å². The third kappa shape index (κ3) is 4.17. The second kappa shape index (κ2) is 7.85. The predicted octanol–water partition coefficient (Wildman–Crippen LogP) is 6.12. The number of phenols is 1. The molecule has 0 aliphatic heterocycles. The minimum atomic E-state index is -0.996. The summed E-state index contributed by atoms with van der Waals surface area (Å²) in [5.41, 5.74) is 1.83. The highest BCUT2D eigenvalue weighted by atomic mass is 32.1. The second-order valence-corrected chi connectivity index (χ2v) is 7.69. The number of aromatic hydroxyl groups is 1. The van der Waals surface area contributed by atoms with E-state index in [1.807, 2.05) is 12.1 Å². The Kier molecular flexibility index (Phi) is 5.10. The molecule has 1 aliphatic carbocycles. The van der Waals surface area contributed by atoms with E-state index < -0.39 is 5.97 Å². The van der Waals surface area contributed by atoms with Gasteiger partial charge in [-0.3, -0.25) is 0 Å². The zero-order valence-corrected chi connectivity index (χ0v) is 16.1. The van der Waals surface area contributed by atoms with Crippen molar-refractivity contribution in [1.82, 2.24) is 0 Å². The van der Waals surface area contributed by atoms with Gasteiger partial charge in [-0.05, 0) is 60.0 Å². The molecule has 1 aromatic heterocycles. The maximum atomic E-state index is 10.7. The molecular formula is C23H18O5S. The van der Waals surface area contributed by atoms with Crippen molar-refractivity contribution in [2.75, 3.05) is 0 Å². The fourth-order valence-electron chi connectivity index (χ4n) is 3.12. The Labute approximate surface area is 171 Å². The van der Waals surface area contributed by atoms with Crippen LogP contribution in [0.4, 0.5) is 0 Å². The maximum absolute atomic E-state index is 10.7. The lowest BCUT2D eigenvalue weighted by molar-refractivity contribution is -0.131. The van der Waals surface area contributed by atoms with E-state index in [0.717, 1.165) is 32.2 Å². The molecule has 1 aliphatic rings. The van der Waals surface area contributed by atoms with E-state index >= 15 is 0 Å². The SMILES string of the molecule is O=C(O)/C=C/c1ccc(Oc2c(C3=CC=C(O)CC3)sc3cc(O)ccc23)cc1. The molecule has 4 rings (SSSR count). The Hall–Kier alpha value is -3.51. The van der Waals surface area contributed by atoms with Crippen LogP contribution in [0.3, 0.4) is 0 Å². The van der Waals surface area contributed by atoms with Crippen molar-refractivity contribution in [1.29, 1.82) is 0 Å². The van der Waals surface area contributed by atoms with Gasteiger partial charge < -0.3 is 20.1 Å². The molecule has 0 saturated carbocycles. The normalized spacial score (nSPS) is 14.1. The van der Waals surface area contributed by atoms with Gasteiger partial charge >= 0.3 is 5.97 Å². The number of thiophene rings is 1. The third-order valence-corrected chi connectivity index (χ3v) is 5.77. The highest BCUT2D eigenvalue weighted by Crippen LogP contribution is 2.46. The number of aliphatic hydroxyl groups is 1. The molecule has 29 heavy (non-hydrogen) atoms. The number of hydrogen-bond donors (Lipinski definition) is 3. The van der Waals surface area contributed by atoms with Gasteiger partial charge in [0.1, 0.15) is 11.5 Å². The number of carboxylic acids is 1. The fourth-order valence-corrected chi connectivity index (χ4v) is 4.34. The molecule has 0 amide bonds. The zero-order valence-electron chi connectivity index (χ0n) is 15.3. The number of benzene rings is 2. The molecule has 6 heteroatoms. The van der Waals surface area contributed by atoms with Gasteiger partial charge in [0.05, 0.1) is 10.6 Å². The molecule has 0 spiro atoms. The first-order valence-corrected chi connectivity index (χ1v) is 9.85. The number of carboxylic acid groups (broad SMARTS) is 1. The van der Waals surface area contributed by atoms with Crippen molar-refractivity contribution in [2.45, 2.75) is 12.8 Å². The number of carbonyl (C=O) groups is 1. The summed E-state index contributed by atoms with van der Waals surface area (Å²) in [5, 5.41) is 29.2. The monoisotopic (exact) mass is 406 g/mol. The van der Waals surface area contributed by atoms with E-state index in [1.165, 1.54) is 17.4 Å². The predicted molar refractivity (Wildman–Crippen MR) is 115 cm³/mol. The van der Waals surface area contributed by atoms with Crippen molar-refractivity contribution in [3.05, 3.63) is 76.9 Å². The van der Waals surface area contributed by atoms with E-state index in [1.54, 1.807) is 42.5 Å². The highest BCUT2D eigenvalue weighted by molar-refractivity contribution is 7.20. The van der Waals surface area contributed by atoms with Gasteiger partial charge in [0.15, 0.2) is 5.75 Å². The van der Waals surface area contributed by atoms with Gasteiger partial charge in [-0.1, -0.05) is 18.2 Å². The lowest BCUT2D eigenvalue weighted by Crippen LogP contribution is -1.93. The first-order chi connectivity index (χ1) is 14.0. The number of fused-ring (bicyclic) bond motifs is 1. The number of hydrogen-bond acceptors (Lipinski definition) is 5. The van der Waals surface area contributed by atoms with Crippen LogP contribution in [0.2, 0.25) is 0 Å². The Morgan fingerprint density at radius 2 is 1.83 bits per heavy atom. The van der Waals surface area contributed by atoms with Gasteiger partial charge in [-0.25, -0.2) is 4.79 Å². The van der Waals surface area contributed by atoms with Crippen LogP contribution in [0.5, 0.6) is 17.2 Å². The summed E-state index contributed by atoms with van der Waals surface area (Å²) in [5.74, 6) is 0.895. The van der Waals surface area contributed by atoms with E-state index in [4.69, 9.17) is 9.84 Å². The number of allylic oxidation sites excluding steroid dienone is 4. The molecule has 5 nitrogen and oxygen atoms in total. The number of aliphatic hydroxyl groups excluding tert-OH is 1. The second-order valence-electron chi connectivity index (χ2n) is 6.63. The van der Waals surface area contributed by atoms with Gasteiger partial charge in [-0.15, -0.1) is 11.3 Å². The average molecular weight is 406 g/mol. The van der Waals surface area contributed by atoms with E-state index in [9.17, 15) is 15.0 Å². The average Bonchev–Trinajstić information content (AvgIpc) is 3.05. The Morgan fingerprint density at radius 1 is 1.03 bits per heavy atom. The van der Waals surface area contributed by atoms with E-state index in [-0.39, 0.29) is 5.75 Å². The summed E-state index contributed by atoms with van der Waals surface area (Å²) in [6, 6.07) is 12.3. The number of aliphatic carboxylic acids is 1. The van der Waals surface area contributed by atoms with Crippen LogP contribution in [0.15, 0.2) is 66.5 Å². The smallest absolute Gasteiger partial charge is 0.328 e. The molecular weight excluding hydrogens is 388 g/mol. The van der Waals surface area contributed by atoms with Crippen LogP contribution in [-0.4, -0.2) is 21.3 Å². The molecule has 146 valence electrons. The zero-order chi connectivity index (χ0) is 20.4. The maximum Gasteiger partial charge on any atom is 0.328 e. The minimum absolute atomic E-state index is 0.196. The van der Waals surface area contributed by atoms with Crippen LogP contribution >= 0.6 is 11.3 Å². The Bertz CT molecular complexity index is 1170. The lowest BCUT2D eigenvalue weighted by atomic mass is 10.0. The van der Waals surface area contributed by atoms with Crippen molar-refractivity contribution < 1.29 is 24.9 Å². The molecule has 2 aromatic carbocycles. The first-order valence-electron chi connectivity index (χ1n) is 9.03. The van der Waals surface area contributed by atoms with Gasteiger partial charge in [-0.2, -0.15) is 0 Å². The molecule has 0 saturated heterocycles. The van der Waals surface area contributed by atoms with Crippen molar-refractivity contribution in [3.63, 3.8) is 0 Å². The Balaban J connectivity index is 1.72. The number of phenolic OH excluding ortho intramolecular Hbond substituents is 1. The highest BCUT2D eigenvalue weighted by Gasteiger charge is 2.19. The fraction of sp³-hybridized carbons (Fsp3) is 0.0870. The van der Waals surface area contributed by atoms with E-state index in [2.05, 4.69) is 0 Å².